The predicted molar refractivity (Wildman–Crippen MR) is 63.7 cm³/mol. The van der Waals surface area contributed by atoms with E-state index in [-0.39, 0.29) is 0 Å². The van der Waals surface area contributed by atoms with Crippen molar-refractivity contribution < 1.29 is 4.42 Å². The van der Waals surface area contributed by atoms with Gasteiger partial charge in [0, 0.05) is 12.4 Å². The van der Waals surface area contributed by atoms with Crippen LogP contribution in [-0.4, -0.2) is 17.6 Å². The molecular weight excluding hydrogens is 247 g/mol. The number of fused-ring (bicyclic) bond motifs is 3. The minimum atomic E-state index is -0.485. The fourth-order valence-corrected chi connectivity index (χ4v) is 2.21. The van der Waals surface area contributed by atoms with E-state index >= 15 is 0 Å². The van der Waals surface area contributed by atoms with Gasteiger partial charge >= 0.3 is 0 Å². The number of nitrogens with zero attached hydrogens (tertiary/aromatic N) is 2. The minimum absolute atomic E-state index is 0.485. The van der Waals surface area contributed by atoms with Crippen LogP contribution in [0.5, 0.6) is 0 Å². The second-order valence-electron chi connectivity index (χ2n) is 3.62. The molecule has 1 atom stereocenters. The van der Waals surface area contributed by atoms with Gasteiger partial charge in [0.05, 0.1) is 0 Å². The standard InChI is InChI=1S/C11H8Cl2N2O/c1-15-10(12)9-8(14-11(15)13)6-4-2-3-5-7(6)16-9/h2-5,11H,1H3. The highest BCUT2D eigenvalue weighted by atomic mass is 35.5. The molecule has 0 saturated carbocycles. The predicted octanol–water partition coefficient (Wildman–Crippen LogP) is 1.82. The summed E-state index contributed by atoms with van der Waals surface area (Å²) in [7, 11) is 1.78. The van der Waals surface area contributed by atoms with Gasteiger partial charge in [-0.25, -0.2) is 4.99 Å². The Labute approximate surface area is 102 Å². The topological polar surface area (TPSA) is 28.7 Å². The summed E-state index contributed by atoms with van der Waals surface area (Å²) in [6.07, 6.45) is 0. The second kappa shape index (κ2) is 3.40. The monoisotopic (exact) mass is 254 g/mol. The van der Waals surface area contributed by atoms with Crippen LogP contribution in [0.3, 0.4) is 0 Å². The van der Waals surface area contributed by atoms with Gasteiger partial charge in [-0.2, -0.15) is 0 Å². The average Bonchev–Trinajstić information content (AvgIpc) is 2.65. The first-order valence-corrected chi connectivity index (χ1v) is 5.62. The van der Waals surface area contributed by atoms with E-state index in [9.17, 15) is 0 Å². The van der Waals surface area contributed by atoms with Crippen LogP contribution < -0.4 is 10.8 Å². The Hall–Kier alpha value is -1.19. The van der Waals surface area contributed by atoms with Crippen molar-refractivity contribution in [2.24, 2.45) is 4.99 Å². The van der Waals surface area contributed by atoms with Crippen LogP contribution in [0.25, 0.3) is 16.1 Å². The lowest BCUT2D eigenvalue weighted by atomic mass is 10.2. The summed E-state index contributed by atoms with van der Waals surface area (Å²) in [5.41, 5.74) is 0.872. The Kier molecular flexibility index (Phi) is 2.13. The molecule has 16 heavy (non-hydrogen) atoms. The molecular formula is C11H8Cl2N2O. The summed E-state index contributed by atoms with van der Waals surface area (Å²) in [4.78, 5) is 6.02. The van der Waals surface area contributed by atoms with Crippen LogP contribution in [-0.2, 0) is 0 Å². The van der Waals surface area contributed by atoms with E-state index in [1.807, 2.05) is 24.3 Å². The van der Waals surface area contributed by atoms with E-state index in [4.69, 9.17) is 27.6 Å². The normalized spacial score (nSPS) is 19.8. The number of para-hydroxylation sites is 1. The maximum atomic E-state index is 6.17. The quantitative estimate of drug-likeness (QED) is 0.530. The lowest BCUT2D eigenvalue weighted by Gasteiger charge is -2.21. The molecule has 1 aromatic heterocycles. The van der Waals surface area contributed by atoms with Crippen molar-refractivity contribution in [3.8, 4) is 0 Å². The van der Waals surface area contributed by atoms with Gasteiger partial charge in [0.15, 0.2) is 16.2 Å². The number of hydrogen-bond acceptors (Lipinski definition) is 3. The molecule has 0 saturated heterocycles. The van der Waals surface area contributed by atoms with Gasteiger partial charge in [-0.1, -0.05) is 35.3 Å². The van der Waals surface area contributed by atoms with E-state index in [0.717, 1.165) is 16.3 Å². The first-order chi connectivity index (χ1) is 7.68. The van der Waals surface area contributed by atoms with Gasteiger partial charge in [0.2, 0.25) is 0 Å². The first-order valence-electron chi connectivity index (χ1n) is 4.80. The molecule has 1 aliphatic rings. The number of hydrogen-bond donors (Lipinski definition) is 0. The molecule has 5 heteroatoms. The van der Waals surface area contributed by atoms with Crippen LogP contribution in [0.2, 0.25) is 0 Å². The van der Waals surface area contributed by atoms with E-state index in [1.54, 1.807) is 11.9 Å². The zero-order valence-corrected chi connectivity index (χ0v) is 9.96. The summed E-state index contributed by atoms with van der Waals surface area (Å²) in [5.74, 6) is 0. The lowest BCUT2D eigenvalue weighted by Crippen LogP contribution is -2.38. The fraction of sp³-hybridized carbons (Fsp3) is 0.182. The second-order valence-corrected chi connectivity index (χ2v) is 4.37. The van der Waals surface area contributed by atoms with Gasteiger partial charge in [-0.15, -0.1) is 0 Å². The molecule has 0 fully saturated rings. The molecule has 1 aliphatic heterocycles. The van der Waals surface area contributed by atoms with E-state index in [0.29, 0.717) is 10.6 Å². The summed E-state index contributed by atoms with van der Waals surface area (Å²) < 4.78 is 5.66. The molecule has 0 amide bonds. The molecule has 82 valence electrons. The highest BCUT2D eigenvalue weighted by Crippen LogP contribution is 2.18. The van der Waals surface area contributed by atoms with Gasteiger partial charge in [-0.05, 0) is 12.1 Å². The van der Waals surface area contributed by atoms with Crippen LogP contribution in [0.1, 0.15) is 0 Å². The van der Waals surface area contributed by atoms with Crippen molar-refractivity contribution in [1.29, 1.82) is 0 Å². The van der Waals surface area contributed by atoms with Gasteiger partial charge in [-0.3, -0.25) is 0 Å². The molecule has 3 rings (SSSR count). The van der Waals surface area contributed by atoms with E-state index in [1.165, 1.54) is 0 Å². The van der Waals surface area contributed by atoms with Crippen molar-refractivity contribution >= 4 is 39.3 Å². The third kappa shape index (κ3) is 1.25. The number of alkyl halides is 1. The molecule has 2 heterocycles. The maximum Gasteiger partial charge on any atom is 0.199 e. The Morgan fingerprint density at radius 1 is 1.38 bits per heavy atom. The Morgan fingerprint density at radius 2 is 2.12 bits per heavy atom. The zero-order valence-electron chi connectivity index (χ0n) is 8.45. The SMILES string of the molecule is CN1C(Cl)=c2oc3ccccc3c2=NC1Cl. The first kappa shape index (κ1) is 10.00. The van der Waals surface area contributed by atoms with Crippen molar-refractivity contribution in [2.45, 2.75) is 5.62 Å². The van der Waals surface area contributed by atoms with E-state index in [2.05, 4.69) is 4.99 Å². The molecule has 3 nitrogen and oxygen atoms in total. The average molecular weight is 255 g/mol. The fourth-order valence-electron chi connectivity index (χ4n) is 1.75. The minimum Gasteiger partial charge on any atom is -0.451 e. The van der Waals surface area contributed by atoms with Crippen LogP contribution in [0.4, 0.5) is 0 Å². The van der Waals surface area contributed by atoms with Crippen molar-refractivity contribution in [2.75, 3.05) is 7.05 Å². The van der Waals surface area contributed by atoms with Crippen LogP contribution in [0, 0.1) is 0 Å². The highest BCUT2D eigenvalue weighted by molar-refractivity contribution is 6.44. The van der Waals surface area contributed by atoms with Crippen molar-refractivity contribution in [1.82, 2.24) is 4.90 Å². The lowest BCUT2D eigenvalue weighted by molar-refractivity contribution is 0.425. The highest BCUT2D eigenvalue weighted by Gasteiger charge is 2.20. The molecule has 2 aromatic rings. The molecule has 1 aromatic carbocycles. The third-order valence-corrected chi connectivity index (χ3v) is 3.45. The van der Waals surface area contributed by atoms with Crippen LogP contribution >= 0.6 is 23.2 Å². The Morgan fingerprint density at radius 3 is 2.94 bits per heavy atom. The molecule has 0 spiro atoms. The number of benzene rings is 1. The number of rotatable bonds is 0. The Balaban J connectivity index is 2.54. The summed E-state index contributed by atoms with van der Waals surface area (Å²) >= 11 is 12.2. The molecule has 0 N–H and O–H groups in total. The molecule has 1 unspecified atom stereocenters. The zero-order chi connectivity index (χ0) is 11.3. The smallest absolute Gasteiger partial charge is 0.199 e. The number of furan rings is 1. The molecule has 0 aliphatic carbocycles. The number of halogens is 2. The maximum absolute atomic E-state index is 6.17. The molecule has 0 radical (unpaired) electrons. The summed E-state index contributed by atoms with van der Waals surface area (Å²) in [6.45, 7) is 0. The van der Waals surface area contributed by atoms with Crippen molar-refractivity contribution in [3.05, 3.63) is 35.0 Å². The molecule has 0 bridgehead atoms. The Bertz CT molecular complexity index is 677. The van der Waals surface area contributed by atoms with E-state index < -0.39 is 5.62 Å². The third-order valence-electron chi connectivity index (χ3n) is 2.62. The van der Waals surface area contributed by atoms with Gasteiger partial charge < -0.3 is 9.32 Å². The van der Waals surface area contributed by atoms with Crippen LogP contribution in [0.15, 0.2) is 33.7 Å². The van der Waals surface area contributed by atoms with Crippen molar-refractivity contribution in [3.63, 3.8) is 0 Å². The summed E-state index contributed by atoms with van der Waals surface area (Å²) in [5, 5.41) is 2.16. The summed E-state index contributed by atoms with van der Waals surface area (Å²) in [6, 6.07) is 7.67. The van der Waals surface area contributed by atoms with Gasteiger partial charge in [0.25, 0.3) is 0 Å². The van der Waals surface area contributed by atoms with Gasteiger partial charge in [0.1, 0.15) is 10.9 Å². The largest absolute Gasteiger partial charge is 0.451 e.